The van der Waals surface area contributed by atoms with E-state index in [-0.39, 0.29) is 34.2 Å². The first-order valence-corrected chi connectivity index (χ1v) is 7.62. The van der Waals surface area contributed by atoms with E-state index in [0.29, 0.717) is 8.58 Å². The number of carbonyl (C=O) groups is 2. The first-order chi connectivity index (χ1) is 7.55. The van der Waals surface area contributed by atoms with Crippen molar-refractivity contribution in [3.63, 3.8) is 0 Å². The molecule has 0 bridgehead atoms. The molecule has 1 rings (SSSR count). The van der Waals surface area contributed by atoms with Gasteiger partial charge in [0.2, 0.25) is 11.8 Å². The van der Waals surface area contributed by atoms with Gasteiger partial charge in [-0.25, -0.2) is 0 Å². The predicted octanol–water partition coefficient (Wildman–Crippen LogP) is 2.35. The first-order valence-electron chi connectivity index (χ1n) is 6.04. The highest BCUT2D eigenvalue weighted by molar-refractivity contribution is 7.39. The third-order valence-corrected chi connectivity index (χ3v) is 5.75. The van der Waals surface area contributed by atoms with E-state index >= 15 is 0 Å². The molecule has 0 aliphatic carbocycles. The smallest absolute Gasteiger partial charge is 0.236 e. The Morgan fingerprint density at radius 1 is 1.06 bits per heavy atom. The van der Waals surface area contributed by atoms with Crippen LogP contribution in [0.2, 0.25) is 0 Å². The van der Waals surface area contributed by atoms with Gasteiger partial charge in [-0.1, -0.05) is 34.6 Å². The van der Waals surface area contributed by atoms with Gasteiger partial charge in [-0.2, -0.15) is 0 Å². The van der Waals surface area contributed by atoms with Crippen LogP contribution in [-0.2, 0) is 9.59 Å². The summed E-state index contributed by atoms with van der Waals surface area (Å²) in [6.45, 7) is 12.6. The van der Waals surface area contributed by atoms with Crippen LogP contribution in [0.25, 0.3) is 0 Å². The molecule has 3 unspecified atom stereocenters. The van der Waals surface area contributed by atoms with Gasteiger partial charge in [-0.05, 0) is 17.5 Å². The lowest BCUT2D eigenvalue weighted by atomic mass is 9.61. The molecule has 3 nitrogen and oxygen atoms in total. The number of carbonyl (C=O) groups excluding carboxylic acids is 2. The van der Waals surface area contributed by atoms with Crippen molar-refractivity contribution in [1.82, 2.24) is 4.90 Å². The van der Waals surface area contributed by atoms with E-state index in [4.69, 9.17) is 0 Å². The molecule has 1 saturated heterocycles. The minimum absolute atomic E-state index is 0.00171. The van der Waals surface area contributed by atoms with Gasteiger partial charge in [0.1, 0.15) is 0 Å². The van der Waals surface area contributed by atoms with Gasteiger partial charge in [0.05, 0.1) is 11.6 Å². The Morgan fingerprint density at radius 3 is 1.88 bits per heavy atom. The number of rotatable bonds is 2. The lowest BCUT2D eigenvalue weighted by Gasteiger charge is -2.44. The highest BCUT2D eigenvalue weighted by Crippen LogP contribution is 2.51. The fourth-order valence-electron chi connectivity index (χ4n) is 2.29. The maximum absolute atomic E-state index is 12.3. The van der Waals surface area contributed by atoms with Gasteiger partial charge in [-0.15, -0.1) is 8.58 Å². The molecular weight excluding hydrogens is 233 g/mol. The zero-order valence-electron chi connectivity index (χ0n) is 11.9. The van der Waals surface area contributed by atoms with Crippen molar-refractivity contribution >= 4 is 20.4 Å². The summed E-state index contributed by atoms with van der Waals surface area (Å²) >= 11 is 0. The monoisotopic (exact) mass is 257 g/mol. The first kappa shape index (κ1) is 14.6. The molecule has 0 radical (unpaired) electrons. The van der Waals surface area contributed by atoms with Gasteiger partial charge in [0.15, 0.2) is 0 Å². The Morgan fingerprint density at radius 2 is 1.53 bits per heavy atom. The van der Waals surface area contributed by atoms with Crippen molar-refractivity contribution in [3.8, 4) is 0 Å². The average molecular weight is 257 g/mol. The molecule has 1 aliphatic rings. The van der Waals surface area contributed by atoms with Crippen LogP contribution < -0.4 is 0 Å². The minimum Gasteiger partial charge on any atom is -0.285 e. The summed E-state index contributed by atoms with van der Waals surface area (Å²) in [6, 6.07) is 0. The Bertz CT molecular complexity index is 344. The molecule has 4 heteroatoms. The van der Waals surface area contributed by atoms with Crippen molar-refractivity contribution in [2.75, 3.05) is 13.7 Å². The molecule has 0 aromatic rings. The molecule has 0 saturated carbocycles. The van der Waals surface area contributed by atoms with E-state index in [1.54, 1.807) is 7.05 Å². The topological polar surface area (TPSA) is 37.4 Å². The van der Waals surface area contributed by atoms with Gasteiger partial charge in [0, 0.05) is 7.05 Å². The summed E-state index contributed by atoms with van der Waals surface area (Å²) in [5, 5.41) is 0. The minimum atomic E-state index is -0.182. The third kappa shape index (κ3) is 2.14. The van der Waals surface area contributed by atoms with E-state index in [0.717, 1.165) is 0 Å². The van der Waals surface area contributed by atoms with Crippen LogP contribution in [0.3, 0.4) is 0 Å². The number of likely N-dealkylation sites (tertiary alicyclic amines) is 1. The molecule has 17 heavy (non-hydrogen) atoms. The van der Waals surface area contributed by atoms with E-state index in [1.165, 1.54) is 4.90 Å². The molecule has 0 aromatic carbocycles. The van der Waals surface area contributed by atoms with Gasteiger partial charge < -0.3 is 0 Å². The normalized spacial score (nSPS) is 27.6. The quantitative estimate of drug-likeness (QED) is 0.562. The molecule has 3 atom stereocenters. The van der Waals surface area contributed by atoms with Crippen molar-refractivity contribution < 1.29 is 9.59 Å². The number of imide groups is 1. The Labute approximate surface area is 106 Å². The van der Waals surface area contributed by atoms with E-state index < -0.39 is 0 Å². The lowest BCUT2D eigenvalue weighted by Crippen LogP contribution is -2.43. The fraction of sp³-hybridized carbons (Fsp3) is 0.846. The molecule has 1 fully saturated rings. The van der Waals surface area contributed by atoms with Crippen LogP contribution in [0.1, 0.15) is 34.6 Å². The van der Waals surface area contributed by atoms with Gasteiger partial charge >= 0.3 is 0 Å². The standard InChI is InChI=1S/C13H24NO2P/c1-12(2,3)13(4,5)8-9(17-7)11(16)14(6)10(8)15/h8-9,17H,1-7H3. The summed E-state index contributed by atoms with van der Waals surface area (Å²) in [6.07, 6.45) is 0. The Hall–Kier alpha value is -0.430. The van der Waals surface area contributed by atoms with Crippen molar-refractivity contribution in [1.29, 1.82) is 0 Å². The summed E-state index contributed by atoms with van der Waals surface area (Å²) in [4.78, 5) is 25.6. The molecule has 0 N–H and O–H groups in total. The molecule has 2 amide bonds. The van der Waals surface area contributed by atoms with E-state index in [9.17, 15) is 9.59 Å². The van der Waals surface area contributed by atoms with E-state index in [1.807, 2.05) is 6.66 Å². The second-order valence-corrected chi connectivity index (χ2v) is 7.65. The SMILES string of the molecule is CPC1C(=O)N(C)C(=O)C1C(C)(C)C(C)(C)C. The van der Waals surface area contributed by atoms with Crippen LogP contribution >= 0.6 is 8.58 Å². The van der Waals surface area contributed by atoms with Crippen LogP contribution in [0, 0.1) is 16.7 Å². The van der Waals surface area contributed by atoms with Crippen molar-refractivity contribution in [2.24, 2.45) is 16.7 Å². The molecule has 0 spiro atoms. The second-order valence-electron chi connectivity index (χ2n) is 6.45. The summed E-state index contributed by atoms with van der Waals surface area (Å²) < 4.78 is 0. The van der Waals surface area contributed by atoms with Crippen LogP contribution in [0.15, 0.2) is 0 Å². The van der Waals surface area contributed by atoms with Crippen LogP contribution in [0.5, 0.6) is 0 Å². The fourth-order valence-corrected chi connectivity index (χ4v) is 3.63. The van der Waals surface area contributed by atoms with Gasteiger partial charge in [0.25, 0.3) is 0 Å². The lowest BCUT2D eigenvalue weighted by molar-refractivity contribution is -0.140. The van der Waals surface area contributed by atoms with Crippen molar-refractivity contribution in [3.05, 3.63) is 0 Å². The van der Waals surface area contributed by atoms with Crippen molar-refractivity contribution in [2.45, 2.75) is 40.3 Å². The second kappa shape index (κ2) is 4.35. The van der Waals surface area contributed by atoms with Crippen LogP contribution in [0.4, 0.5) is 0 Å². The summed E-state index contributed by atoms with van der Waals surface area (Å²) in [5.74, 6) is -0.184. The Balaban J connectivity index is 3.21. The number of nitrogens with zero attached hydrogens (tertiary/aromatic N) is 1. The number of hydrogen-bond donors (Lipinski definition) is 0. The number of amides is 2. The molecule has 98 valence electrons. The predicted molar refractivity (Wildman–Crippen MR) is 72.5 cm³/mol. The van der Waals surface area contributed by atoms with E-state index in [2.05, 4.69) is 34.6 Å². The molecule has 0 aromatic heterocycles. The zero-order valence-corrected chi connectivity index (χ0v) is 12.9. The molecular formula is C13H24NO2P. The summed E-state index contributed by atoms with van der Waals surface area (Å²) in [5.41, 5.74) is -0.309. The average Bonchev–Trinajstić information content (AvgIpc) is 2.40. The van der Waals surface area contributed by atoms with Gasteiger partial charge in [-0.3, -0.25) is 14.5 Å². The molecule has 1 heterocycles. The highest BCUT2D eigenvalue weighted by atomic mass is 31.1. The largest absolute Gasteiger partial charge is 0.285 e. The Kier molecular flexibility index (Phi) is 3.74. The zero-order chi connectivity index (χ0) is 13.6. The maximum Gasteiger partial charge on any atom is 0.236 e. The molecule has 1 aliphatic heterocycles. The van der Waals surface area contributed by atoms with Crippen LogP contribution in [-0.4, -0.2) is 36.1 Å². The maximum atomic E-state index is 12.3. The third-order valence-electron chi connectivity index (χ3n) is 4.55. The summed E-state index contributed by atoms with van der Waals surface area (Å²) in [7, 11) is 2.09. The number of hydrogen-bond acceptors (Lipinski definition) is 2. The highest BCUT2D eigenvalue weighted by Gasteiger charge is 2.55.